The average Bonchev–Trinajstić information content (AvgIpc) is 3.53. The number of halogens is 2. The van der Waals surface area contributed by atoms with Crippen LogP contribution in [0, 0.1) is 24.0 Å². The lowest BCUT2D eigenvalue weighted by atomic mass is 10.0. The molecule has 0 radical (unpaired) electrons. The molecule has 0 unspecified atom stereocenters. The molecule has 4 aromatic rings. The van der Waals surface area contributed by atoms with Gasteiger partial charge < -0.3 is 25.6 Å². The minimum absolute atomic E-state index is 0.102. The Labute approximate surface area is 255 Å². The van der Waals surface area contributed by atoms with Crippen molar-refractivity contribution in [1.29, 1.82) is 0 Å². The van der Waals surface area contributed by atoms with Crippen LogP contribution in [0.1, 0.15) is 40.9 Å². The van der Waals surface area contributed by atoms with E-state index in [-0.39, 0.29) is 23.2 Å². The summed E-state index contributed by atoms with van der Waals surface area (Å²) in [6.07, 6.45) is 4.32. The molecule has 1 saturated heterocycles. The van der Waals surface area contributed by atoms with E-state index in [4.69, 9.17) is 4.74 Å². The van der Waals surface area contributed by atoms with Crippen molar-refractivity contribution in [2.24, 2.45) is 5.41 Å². The minimum atomic E-state index is -1.29. The lowest BCUT2D eigenvalue weighted by molar-refractivity contribution is -0.131. The van der Waals surface area contributed by atoms with Gasteiger partial charge >= 0.3 is 0 Å². The quantitative estimate of drug-likeness (QED) is 0.207. The van der Waals surface area contributed by atoms with Crippen molar-refractivity contribution in [1.82, 2.24) is 20.2 Å². The van der Waals surface area contributed by atoms with Crippen molar-refractivity contribution in [3.63, 3.8) is 0 Å². The number of nitrogens with zero attached hydrogens (tertiary/aromatic N) is 3. The van der Waals surface area contributed by atoms with Gasteiger partial charge in [-0.05, 0) is 87.7 Å². The van der Waals surface area contributed by atoms with Gasteiger partial charge in [0.05, 0.1) is 10.3 Å². The molecule has 0 bridgehead atoms. The topological polar surface area (TPSA) is 126 Å². The Morgan fingerprint density at radius 1 is 0.977 bits per heavy atom. The van der Waals surface area contributed by atoms with Gasteiger partial charge in [-0.2, -0.15) is 0 Å². The van der Waals surface area contributed by atoms with E-state index in [1.165, 1.54) is 66.9 Å². The SMILES string of the molecule is Cc1c(C(=O)NCCN2CCCC2)sc2ncnc(Oc3ccc(NC(=O)C4(C(=O)Nc5ccc(F)cc5)CC4)cc3F)c12. The molecular formula is C31H30F2N6O4S. The third-order valence-electron chi connectivity index (χ3n) is 7.93. The summed E-state index contributed by atoms with van der Waals surface area (Å²) >= 11 is 1.22. The molecule has 2 aromatic carbocycles. The number of anilines is 2. The second-order valence-corrected chi connectivity index (χ2v) is 12.0. The van der Waals surface area contributed by atoms with Gasteiger partial charge in [-0.25, -0.2) is 18.7 Å². The normalized spacial score (nSPS) is 15.6. The molecule has 2 aromatic heterocycles. The number of hydrogen-bond donors (Lipinski definition) is 3. The number of fused-ring (bicyclic) bond motifs is 1. The summed E-state index contributed by atoms with van der Waals surface area (Å²) in [6.45, 7) is 5.21. The number of aryl methyl sites for hydroxylation is 1. The maximum Gasteiger partial charge on any atom is 0.261 e. The van der Waals surface area contributed by atoms with Crippen LogP contribution in [0.4, 0.5) is 20.2 Å². The lowest BCUT2D eigenvalue weighted by Crippen LogP contribution is -2.35. The van der Waals surface area contributed by atoms with Crippen LogP contribution in [0.25, 0.3) is 10.2 Å². The Morgan fingerprint density at radius 3 is 2.34 bits per heavy atom. The van der Waals surface area contributed by atoms with Crippen molar-refractivity contribution in [3.05, 3.63) is 70.9 Å². The fourth-order valence-corrected chi connectivity index (χ4v) is 6.29. The molecule has 3 amide bonds. The fourth-order valence-electron chi connectivity index (χ4n) is 5.23. The first kappa shape index (κ1) is 29.6. The third-order valence-corrected chi connectivity index (χ3v) is 9.13. The number of nitrogens with one attached hydrogen (secondary N) is 3. The average molecular weight is 621 g/mol. The molecule has 13 heteroatoms. The van der Waals surface area contributed by atoms with Crippen LogP contribution in [0.3, 0.4) is 0 Å². The van der Waals surface area contributed by atoms with E-state index < -0.39 is 28.9 Å². The van der Waals surface area contributed by atoms with Gasteiger partial charge in [-0.1, -0.05) is 0 Å². The highest BCUT2D eigenvalue weighted by atomic mass is 32.1. The minimum Gasteiger partial charge on any atom is -0.435 e. The van der Waals surface area contributed by atoms with Crippen LogP contribution in [0.5, 0.6) is 11.6 Å². The van der Waals surface area contributed by atoms with Crippen LogP contribution in [0.2, 0.25) is 0 Å². The van der Waals surface area contributed by atoms with Gasteiger partial charge in [-0.15, -0.1) is 11.3 Å². The number of aromatic nitrogens is 2. The summed E-state index contributed by atoms with van der Waals surface area (Å²) in [7, 11) is 0. The van der Waals surface area contributed by atoms with E-state index in [1.54, 1.807) is 6.92 Å². The molecule has 10 nitrogen and oxygen atoms in total. The number of carbonyl (C=O) groups excluding carboxylic acids is 3. The number of amides is 3. The molecule has 1 saturated carbocycles. The Morgan fingerprint density at radius 2 is 1.66 bits per heavy atom. The summed E-state index contributed by atoms with van der Waals surface area (Å²) < 4.78 is 34.2. The zero-order valence-corrected chi connectivity index (χ0v) is 24.7. The predicted octanol–water partition coefficient (Wildman–Crippen LogP) is 5.25. The van der Waals surface area contributed by atoms with Crippen molar-refractivity contribution in [2.75, 3.05) is 36.8 Å². The van der Waals surface area contributed by atoms with E-state index >= 15 is 4.39 Å². The van der Waals surface area contributed by atoms with E-state index in [0.29, 0.717) is 45.7 Å². The molecule has 0 spiro atoms. The molecule has 1 aliphatic carbocycles. The third kappa shape index (κ3) is 6.10. The van der Waals surface area contributed by atoms with Gasteiger partial charge in [0.15, 0.2) is 11.6 Å². The molecule has 6 rings (SSSR count). The van der Waals surface area contributed by atoms with Gasteiger partial charge in [0, 0.05) is 30.5 Å². The van der Waals surface area contributed by atoms with Crippen LogP contribution >= 0.6 is 11.3 Å². The first-order chi connectivity index (χ1) is 21.2. The second-order valence-electron chi connectivity index (χ2n) is 11.0. The van der Waals surface area contributed by atoms with Crippen molar-refractivity contribution in [2.45, 2.75) is 32.6 Å². The Bertz CT molecular complexity index is 1740. The monoisotopic (exact) mass is 620 g/mol. The number of likely N-dealkylation sites (tertiary alicyclic amines) is 1. The molecule has 2 fully saturated rings. The van der Waals surface area contributed by atoms with Gasteiger partial charge in [0.2, 0.25) is 17.7 Å². The van der Waals surface area contributed by atoms with Gasteiger partial charge in [0.1, 0.15) is 22.4 Å². The molecule has 2 aliphatic rings. The van der Waals surface area contributed by atoms with Crippen LogP contribution in [0.15, 0.2) is 48.8 Å². The number of thiophene rings is 1. The van der Waals surface area contributed by atoms with E-state index in [2.05, 4.69) is 30.8 Å². The summed E-state index contributed by atoms with van der Waals surface area (Å²) in [5.74, 6) is -2.53. The lowest BCUT2D eigenvalue weighted by Gasteiger charge is -2.16. The van der Waals surface area contributed by atoms with Crippen LogP contribution in [-0.2, 0) is 9.59 Å². The highest BCUT2D eigenvalue weighted by molar-refractivity contribution is 7.20. The van der Waals surface area contributed by atoms with Gasteiger partial charge in [-0.3, -0.25) is 14.4 Å². The smallest absolute Gasteiger partial charge is 0.261 e. The number of benzene rings is 2. The molecule has 1 aliphatic heterocycles. The molecular weight excluding hydrogens is 590 g/mol. The first-order valence-corrected chi connectivity index (χ1v) is 15.2. The first-order valence-electron chi connectivity index (χ1n) is 14.3. The maximum atomic E-state index is 15.2. The van der Waals surface area contributed by atoms with Crippen molar-refractivity contribution < 1.29 is 27.9 Å². The van der Waals surface area contributed by atoms with E-state index in [9.17, 15) is 18.8 Å². The second kappa shape index (κ2) is 12.2. The summed E-state index contributed by atoms with van der Waals surface area (Å²) in [4.78, 5) is 50.6. The zero-order chi connectivity index (χ0) is 30.8. The Hall–Kier alpha value is -4.49. The Balaban J connectivity index is 1.12. The maximum absolute atomic E-state index is 15.2. The zero-order valence-electron chi connectivity index (χ0n) is 23.9. The number of rotatable bonds is 10. The van der Waals surface area contributed by atoms with Crippen LogP contribution in [-0.4, -0.2) is 58.8 Å². The molecule has 3 heterocycles. The largest absolute Gasteiger partial charge is 0.435 e. The Kier molecular flexibility index (Phi) is 8.23. The summed E-state index contributed by atoms with van der Waals surface area (Å²) in [5.41, 5.74) is -0.139. The molecule has 3 N–H and O–H groups in total. The van der Waals surface area contributed by atoms with Crippen LogP contribution < -0.4 is 20.7 Å². The number of ether oxygens (including phenoxy) is 1. The van der Waals surface area contributed by atoms with Crippen molar-refractivity contribution >= 4 is 50.6 Å². The fraction of sp³-hybridized carbons (Fsp3) is 0.323. The standard InChI is InChI=1S/C31H30F2N6O4S/c1-18-24-27(35-17-36-28(24)44-25(18)26(40)34-12-15-39-13-2-3-14-39)43-23-9-8-21(16-22(23)33)38-30(42)31(10-11-31)29(41)37-20-6-4-19(32)5-7-20/h4-9,16-17H,2-3,10-15H2,1H3,(H,34,40)(H,37,41)(H,38,42). The number of carbonyl (C=O) groups is 3. The summed E-state index contributed by atoms with van der Waals surface area (Å²) in [5, 5.41) is 8.74. The highest BCUT2D eigenvalue weighted by Gasteiger charge is 2.56. The van der Waals surface area contributed by atoms with E-state index in [1.807, 2.05) is 0 Å². The van der Waals surface area contributed by atoms with Gasteiger partial charge in [0.25, 0.3) is 5.91 Å². The predicted molar refractivity (Wildman–Crippen MR) is 162 cm³/mol. The number of hydrogen-bond acceptors (Lipinski definition) is 8. The molecule has 44 heavy (non-hydrogen) atoms. The molecule has 228 valence electrons. The highest BCUT2D eigenvalue weighted by Crippen LogP contribution is 2.47. The van der Waals surface area contributed by atoms with Crippen molar-refractivity contribution in [3.8, 4) is 11.6 Å². The van der Waals surface area contributed by atoms with E-state index in [0.717, 1.165) is 25.7 Å². The summed E-state index contributed by atoms with van der Waals surface area (Å²) in [6, 6.07) is 9.14. The molecule has 0 atom stereocenters.